The van der Waals surface area contributed by atoms with Gasteiger partial charge in [-0.15, -0.1) is 0 Å². The smallest absolute Gasteiger partial charge is 0.123 e. The molecule has 0 saturated carbocycles. The van der Waals surface area contributed by atoms with E-state index in [0.717, 1.165) is 11.1 Å². The summed E-state index contributed by atoms with van der Waals surface area (Å²) in [6, 6.07) is 11.9. The fourth-order valence-corrected chi connectivity index (χ4v) is 1.86. The molecule has 0 amide bonds. The average molecular weight is 301 g/mol. The van der Waals surface area contributed by atoms with E-state index in [0.29, 0.717) is 10.0 Å². The maximum atomic E-state index is 12.1. The number of benzene rings is 2. The molecule has 0 nitrogen and oxygen atoms in total. The van der Waals surface area contributed by atoms with E-state index in [4.69, 9.17) is 23.2 Å². The Labute approximate surface area is 125 Å². The van der Waals surface area contributed by atoms with Crippen LogP contribution in [0.15, 0.2) is 42.5 Å². The van der Waals surface area contributed by atoms with Crippen LogP contribution in [0.3, 0.4) is 0 Å². The quantitative estimate of drug-likeness (QED) is 0.523. The van der Waals surface area contributed by atoms with Crippen molar-refractivity contribution in [2.24, 2.45) is 0 Å². The van der Waals surface area contributed by atoms with E-state index in [1.54, 1.807) is 18.2 Å². The zero-order chi connectivity index (χ0) is 14.8. The van der Waals surface area contributed by atoms with Gasteiger partial charge in [0, 0.05) is 10.0 Å². The summed E-state index contributed by atoms with van der Waals surface area (Å²) in [4.78, 5) is 0. The first-order valence-corrected chi connectivity index (χ1v) is 6.88. The highest BCUT2D eigenvalue weighted by molar-refractivity contribution is 6.34. The number of rotatable bonds is 0. The second-order valence-electron chi connectivity index (χ2n) is 3.74. The first-order valence-electron chi connectivity index (χ1n) is 6.12. The van der Waals surface area contributed by atoms with Gasteiger partial charge in [0.25, 0.3) is 0 Å². The molecule has 3 heteroatoms. The molecule has 0 aromatic heterocycles. The van der Waals surface area contributed by atoms with Gasteiger partial charge in [0.2, 0.25) is 0 Å². The minimum Gasteiger partial charge on any atom is -0.207 e. The average Bonchev–Trinajstić information content (AvgIpc) is 2.34. The van der Waals surface area contributed by atoms with Gasteiger partial charge in [0.15, 0.2) is 0 Å². The highest BCUT2D eigenvalue weighted by Crippen LogP contribution is 2.17. The minimum absolute atomic E-state index is 0.171. The van der Waals surface area contributed by atoms with E-state index >= 15 is 0 Å². The molecule has 0 bridgehead atoms. The standard InChI is InChI=1S/C7H6Cl2.C7H7F.C2H6/c1-5-2-6(8)4-7(9)3-5;1-6-2-4-7(8)5-3-6;1-2/h2-4H,1H3;2-5H,1H3;1-2H3. The van der Waals surface area contributed by atoms with Gasteiger partial charge in [0.05, 0.1) is 0 Å². The molecular formula is C16H19Cl2F. The topological polar surface area (TPSA) is 0 Å². The lowest BCUT2D eigenvalue weighted by Gasteiger charge is -1.93. The van der Waals surface area contributed by atoms with Gasteiger partial charge >= 0.3 is 0 Å². The zero-order valence-electron chi connectivity index (χ0n) is 11.7. The summed E-state index contributed by atoms with van der Waals surface area (Å²) >= 11 is 11.3. The predicted molar refractivity (Wildman–Crippen MR) is 83.7 cm³/mol. The van der Waals surface area contributed by atoms with Crippen LogP contribution >= 0.6 is 23.2 Å². The molecule has 0 aliphatic carbocycles. The van der Waals surface area contributed by atoms with Gasteiger partial charge in [-0.1, -0.05) is 54.7 Å². The van der Waals surface area contributed by atoms with Crippen LogP contribution in [0.4, 0.5) is 4.39 Å². The molecule has 0 saturated heterocycles. The molecule has 0 spiro atoms. The van der Waals surface area contributed by atoms with Crippen molar-refractivity contribution in [2.45, 2.75) is 27.7 Å². The van der Waals surface area contributed by atoms with Crippen LogP contribution in [0.1, 0.15) is 25.0 Å². The Hall–Kier alpha value is -1.05. The fraction of sp³-hybridized carbons (Fsp3) is 0.250. The molecule has 0 atom stereocenters. The molecule has 0 fully saturated rings. The Morgan fingerprint density at radius 2 is 1.16 bits per heavy atom. The lowest BCUT2D eigenvalue weighted by atomic mass is 10.2. The van der Waals surface area contributed by atoms with Crippen LogP contribution in [-0.4, -0.2) is 0 Å². The number of hydrogen-bond donors (Lipinski definition) is 0. The Morgan fingerprint density at radius 3 is 1.47 bits per heavy atom. The summed E-state index contributed by atoms with van der Waals surface area (Å²) in [6.07, 6.45) is 0. The van der Waals surface area contributed by atoms with Crippen LogP contribution in [0.25, 0.3) is 0 Å². The van der Waals surface area contributed by atoms with E-state index < -0.39 is 0 Å². The Balaban J connectivity index is 0.000000303. The van der Waals surface area contributed by atoms with E-state index in [-0.39, 0.29) is 5.82 Å². The van der Waals surface area contributed by atoms with Crippen molar-refractivity contribution in [2.75, 3.05) is 0 Å². The second-order valence-corrected chi connectivity index (χ2v) is 4.62. The van der Waals surface area contributed by atoms with Crippen LogP contribution < -0.4 is 0 Å². The van der Waals surface area contributed by atoms with E-state index in [1.165, 1.54) is 12.1 Å². The molecule has 19 heavy (non-hydrogen) atoms. The fourth-order valence-electron chi connectivity index (χ4n) is 1.22. The number of hydrogen-bond acceptors (Lipinski definition) is 0. The summed E-state index contributed by atoms with van der Waals surface area (Å²) < 4.78 is 12.1. The van der Waals surface area contributed by atoms with Gasteiger partial charge in [0.1, 0.15) is 5.82 Å². The lowest BCUT2D eigenvalue weighted by Crippen LogP contribution is -1.71. The maximum Gasteiger partial charge on any atom is 0.123 e. The molecule has 0 heterocycles. The maximum absolute atomic E-state index is 12.1. The molecule has 2 aromatic rings. The highest BCUT2D eigenvalue weighted by Gasteiger charge is 1.91. The van der Waals surface area contributed by atoms with Crippen molar-refractivity contribution in [3.05, 3.63) is 69.5 Å². The molecule has 2 rings (SSSR count). The van der Waals surface area contributed by atoms with Crippen molar-refractivity contribution in [3.63, 3.8) is 0 Å². The van der Waals surface area contributed by atoms with E-state index in [9.17, 15) is 4.39 Å². The second kappa shape index (κ2) is 9.82. The molecule has 0 aliphatic heterocycles. The van der Waals surface area contributed by atoms with Crippen molar-refractivity contribution in [1.82, 2.24) is 0 Å². The largest absolute Gasteiger partial charge is 0.207 e. The third-order valence-corrected chi connectivity index (χ3v) is 2.45. The third-order valence-electron chi connectivity index (χ3n) is 2.02. The highest BCUT2D eigenvalue weighted by atomic mass is 35.5. The van der Waals surface area contributed by atoms with Gasteiger partial charge in [-0.2, -0.15) is 0 Å². The predicted octanol–water partition coefficient (Wildman–Crippen LogP) is 6.46. The first-order chi connectivity index (χ1) is 8.97. The molecule has 0 radical (unpaired) electrons. The SMILES string of the molecule is CC.Cc1cc(Cl)cc(Cl)c1.Cc1ccc(F)cc1. The van der Waals surface area contributed by atoms with E-state index in [1.807, 2.05) is 39.8 Å². The van der Waals surface area contributed by atoms with Crippen molar-refractivity contribution < 1.29 is 4.39 Å². The van der Waals surface area contributed by atoms with Crippen LogP contribution in [0, 0.1) is 19.7 Å². The monoisotopic (exact) mass is 300 g/mol. The zero-order valence-corrected chi connectivity index (χ0v) is 13.2. The van der Waals surface area contributed by atoms with Crippen molar-refractivity contribution in [1.29, 1.82) is 0 Å². The van der Waals surface area contributed by atoms with Crippen LogP contribution in [-0.2, 0) is 0 Å². The van der Waals surface area contributed by atoms with Gasteiger partial charge < -0.3 is 0 Å². The van der Waals surface area contributed by atoms with Crippen molar-refractivity contribution in [3.8, 4) is 0 Å². The summed E-state index contributed by atoms with van der Waals surface area (Å²) in [6.45, 7) is 7.89. The van der Waals surface area contributed by atoms with Gasteiger partial charge in [-0.3, -0.25) is 0 Å². The molecule has 0 unspecified atom stereocenters. The molecule has 0 N–H and O–H groups in total. The molecule has 104 valence electrons. The molecular weight excluding hydrogens is 282 g/mol. The number of aryl methyl sites for hydroxylation is 2. The third kappa shape index (κ3) is 8.63. The van der Waals surface area contributed by atoms with Crippen molar-refractivity contribution >= 4 is 23.2 Å². The summed E-state index contributed by atoms with van der Waals surface area (Å²) in [5, 5.41) is 1.39. The Morgan fingerprint density at radius 1 is 0.737 bits per heavy atom. The Kier molecular flexibility index (Phi) is 9.28. The molecule has 0 aliphatic rings. The summed E-state index contributed by atoms with van der Waals surface area (Å²) in [7, 11) is 0. The summed E-state index contributed by atoms with van der Waals surface area (Å²) in [5.41, 5.74) is 2.18. The van der Waals surface area contributed by atoms with Crippen LogP contribution in [0.2, 0.25) is 10.0 Å². The van der Waals surface area contributed by atoms with Gasteiger partial charge in [-0.25, -0.2) is 4.39 Å². The Bertz CT molecular complexity index is 407. The van der Waals surface area contributed by atoms with E-state index in [2.05, 4.69) is 0 Å². The van der Waals surface area contributed by atoms with Gasteiger partial charge in [-0.05, 0) is 49.7 Å². The number of halogens is 3. The first kappa shape index (κ1) is 17.9. The molecule has 2 aromatic carbocycles. The minimum atomic E-state index is -0.171. The normalized spacial score (nSPS) is 8.79. The van der Waals surface area contributed by atoms with Crippen LogP contribution in [0.5, 0.6) is 0 Å². The lowest BCUT2D eigenvalue weighted by molar-refractivity contribution is 0.627. The summed E-state index contributed by atoms with van der Waals surface area (Å²) in [5.74, 6) is -0.171.